The van der Waals surface area contributed by atoms with Gasteiger partial charge in [-0.05, 0) is 0 Å². The SMILES string of the molecule is [Al+3].[Al+3].[O-]P([O-])O.[O-]P([O-])O.[O-]P([O-])O. The third-order valence-corrected chi connectivity index (χ3v) is 0. The van der Waals surface area contributed by atoms with Gasteiger partial charge < -0.3 is 44.0 Å². The van der Waals surface area contributed by atoms with Crippen LogP contribution in [0.15, 0.2) is 0 Å². The van der Waals surface area contributed by atoms with Crippen LogP contribution in [0.25, 0.3) is 0 Å². The van der Waals surface area contributed by atoms with Crippen LogP contribution >= 0.6 is 25.8 Å². The van der Waals surface area contributed by atoms with Gasteiger partial charge in [-0.2, -0.15) is 25.8 Å². The number of hydrogen-bond donors (Lipinski definition) is 3. The Labute approximate surface area is 105 Å². The van der Waals surface area contributed by atoms with Gasteiger partial charge in [-0.25, -0.2) is 0 Å². The van der Waals surface area contributed by atoms with E-state index in [1.165, 1.54) is 0 Å². The van der Waals surface area contributed by atoms with Crippen LogP contribution < -0.4 is 29.4 Å². The van der Waals surface area contributed by atoms with Gasteiger partial charge >= 0.3 is 34.7 Å². The molecule has 14 heteroatoms. The summed E-state index contributed by atoms with van der Waals surface area (Å²) in [5, 5.41) is 0. The topological polar surface area (TPSA) is 199 Å². The quantitative estimate of drug-likeness (QED) is 0.286. The van der Waals surface area contributed by atoms with E-state index >= 15 is 0 Å². The first-order chi connectivity index (χ1) is 5.20. The summed E-state index contributed by atoms with van der Waals surface area (Å²) in [6.07, 6.45) is 0. The van der Waals surface area contributed by atoms with E-state index in [-0.39, 0.29) is 34.7 Å². The Balaban J connectivity index is -0.0000000270. The summed E-state index contributed by atoms with van der Waals surface area (Å²) in [6, 6.07) is 0. The maximum absolute atomic E-state index is 8.59. The second-order valence-corrected chi connectivity index (χ2v) is 2.14. The molecule has 0 heterocycles. The van der Waals surface area contributed by atoms with Crippen molar-refractivity contribution < 1.29 is 44.0 Å². The zero-order chi connectivity index (χ0) is 10.7. The van der Waals surface area contributed by atoms with Crippen molar-refractivity contribution in [3.8, 4) is 0 Å². The molecule has 0 aromatic heterocycles. The van der Waals surface area contributed by atoms with Gasteiger partial charge in [-0.1, -0.05) is 0 Å². The predicted octanol–water partition coefficient (Wildman–Crippen LogP) is -6.98. The van der Waals surface area contributed by atoms with E-state index in [2.05, 4.69) is 0 Å². The molecule has 0 spiro atoms. The molecule has 0 saturated carbocycles. The van der Waals surface area contributed by atoms with Gasteiger partial charge in [-0.15, -0.1) is 0 Å². The summed E-state index contributed by atoms with van der Waals surface area (Å²) >= 11 is 0. The van der Waals surface area contributed by atoms with Crippen molar-refractivity contribution in [1.29, 1.82) is 0 Å². The number of rotatable bonds is 0. The normalized spacial score (nSPS) is 7.71. The molecule has 0 aromatic rings. The predicted molar refractivity (Wildman–Crippen MR) is 38.9 cm³/mol. The molecule has 9 nitrogen and oxygen atoms in total. The molecular formula is H3Al2O9P3. The molecule has 0 radical (unpaired) electrons. The largest absolute Gasteiger partial charge is 3.00 e. The van der Waals surface area contributed by atoms with E-state index in [9.17, 15) is 0 Å². The molecule has 3 N–H and O–H groups in total. The molecule has 14 heavy (non-hydrogen) atoms. The summed E-state index contributed by atoms with van der Waals surface area (Å²) in [5.41, 5.74) is 0. The first-order valence-electron chi connectivity index (χ1n) is 1.70. The van der Waals surface area contributed by atoms with Crippen LogP contribution in [0.1, 0.15) is 0 Å². The van der Waals surface area contributed by atoms with Crippen molar-refractivity contribution in [2.75, 3.05) is 0 Å². The first-order valence-corrected chi connectivity index (χ1v) is 5.09. The van der Waals surface area contributed by atoms with Crippen LogP contribution in [-0.2, 0) is 0 Å². The Kier molecular flexibility index (Phi) is 51.6. The fraction of sp³-hybridized carbons (Fsp3) is 0. The van der Waals surface area contributed by atoms with Crippen molar-refractivity contribution in [2.45, 2.75) is 0 Å². The zero-order valence-electron chi connectivity index (χ0n) is 6.29. The third kappa shape index (κ3) is 594. The second-order valence-electron chi connectivity index (χ2n) is 0.714. The van der Waals surface area contributed by atoms with Gasteiger partial charge in [0.05, 0.1) is 0 Å². The van der Waals surface area contributed by atoms with Gasteiger partial charge in [0.1, 0.15) is 0 Å². The molecule has 0 amide bonds. The summed E-state index contributed by atoms with van der Waals surface area (Å²) in [4.78, 5) is 72.6. The van der Waals surface area contributed by atoms with Gasteiger partial charge in [0.25, 0.3) is 0 Å². The van der Waals surface area contributed by atoms with E-state index in [4.69, 9.17) is 44.0 Å². The molecule has 0 unspecified atom stereocenters. The minimum Gasteiger partial charge on any atom is -0.820 e. The van der Waals surface area contributed by atoms with Crippen LogP contribution in [0.2, 0.25) is 0 Å². The van der Waals surface area contributed by atoms with Crippen molar-refractivity contribution in [2.24, 2.45) is 0 Å². The molecular weight excluding hydrogens is 291 g/mol. The Bertz CT molecular complexity index is 46.5. The Morgan fingerprint density at radius 3 is 0.500 bits per heavy atom. The van der Waals surface area contributed by atoms with E-state index in [1.807, 2.05) is 0 Å². The molecule has 0 atom stereocenters. The zero-order valence-corrected chi connectivity index (χ0v) is 11.3. The molecule has 0 aliphatic heterocycles. The standard InChI is InChI=1S/2Al.3HO3P/c;;3*1-4(2)3/h;;3*1H/q2*+3;3*-2. The van der Waals surface area contributed by atoms with Crippen LogP contribution in [0.5, 0.6) is 0 Å². The summed E-state index contributed by atoms with van der Waals surface area (Å²) in [5.74, 6) is 0. The molecule has 0 fully saturated rings. The van der Waals surface area contributed by atoms with E-state index in [1.54, 1.807) is 0 Å². The first kappa shape index (κ1) is 29.7. The van der Waals surface area contributed by atoms with Crippen molar-refractivity contribution in [1.82, 2.24) is 0 Å². The fourth-order valence-electron chi connectivity index (χ4n) is 0. The fourth-order valence-corrected chi connectivity index (χ4v) is 0. The molecule has 78 valence electrons. The van der Waals surface area contributed by atoms with Crippen LogP contribution in [0.4, 0.5) is 0 Å². The molecule has 0 rings (SSSR count). The number of hydrogen-bond acceptors (Lipinski definition) is 9. The average molecular weight is 294 g/mol. The molecule has 0 aliphatic rings. The Hall–Kier alpha value is 1.99. The second kappa shape index (κ2) is 24.3. The van der Waals surface area contributed by atoms with Gasteiger partial charge in [0.15, 0.2) is 0 Å². The molecule has 0 bridgehead atoms. The van der Waals surface area contributed by atoms with E-state index < -0.39 is 25.8 Å². The van der Waals surface area contributed by atoms with E-state index in [0.29, 0.717) is 0 Å². The maximum Gasteiger partial charge on any atom is 3.00 e. The smallest absolute Gasteiger partial charge is 0.820 e. The monoisotopic (exact) mass is 294 g/mol. The summed E-state index contributed by atoms with van der Waals surface area (Å²) in [7, 11) is -9.36. The summed E-state index contributed by atoms with van der Waals surface area (Å²) in [6.45, 7) is 0. The van der Waals surface area contributed by atoms with Gasteiger partial charge in [0.2, 0.25) is 0 Å². The maximum atomic E-state index is 8.59. The molecule has 0 saturated heterocycles. The van der Waals surface area contributed by atoms with Crippen LogP contribution in [0, 0.1) is 0 Å². The third-order valence-electron chi connectivity index (χ3n) is 0. The molecule has 0 aliphatic carbocycles. The summed E-state index contributed by atoms with van der Waals surface area (Å²) < 4.78 is 0. The minimum absolute atomic E-state index is 0. The van der Waals surface area contributed by atoms with Crippen molar-refractivity contribution in [3.63, 3.8) is 0 Å². The Morgan fingerprint density at radius 2 is 0.500 bits per heavy atom. The van der Waals surface area contributed by atoms with Crippen LogP contribution in [-0.4, -0.2) is 49.4 Å². The van der Waals surface area contributed by atoms with Gasteiger partial charge in [0, 0.05) is 0 Å². The average Bonchev–Trinajstić information content (AvgIpc) is 1.54. The van der Waals surface area contributed by atoms with Crippen molar-refractivity contribution in [3.05, 3.63) is 0 Å². The van der Waals surface area contributed by atoms with Gasteiger partial charge in [-0.3, -0.25) is 0 Å². The van der Waals surface area contributed by atoms with Crippen LogP contribution in [0.3, 0.4) is 0 Å². The van der Waals surface area contributed by atoms with E-state index in [0.717, 1.165) is 0 Å². The van der Waals surface area contributed by atoms with Crippen molar-refractivity contribution >= 4 is 60.5 Å². The molecule has 0 aromatic carbocycles. The minimum atomic E-state index is -3.12. The Morgan fingerprint density at radius 1 is 0.500 bits per heavy atom.